The van der Waals surface area contributed by atoms with Gasteiger partial charge in [0.2, 0.25) is 0 Å². The minimum Gasteiger partial charge on any atom is -0.384 e. The first-order valence-corrected chi connectivity index (χ1v) is 7.54. The number of hydrogen-bond donors (Lipinski definition) is 2. The maximum atomic E-state index is 13.7. The van der Waals surface area contributed by atoms with Crippen LogP contribution in [0.15, 0.2) is 18.2 Å². The van der Waals surface area contributed by atoms with Gasteiger partial charge in [-0.3, -0.25) is 4.79 Å². The maximum absolute atomic E-state index is 13.7. The van der Waals surface area contributed by atoms with Gasteiger partial charge in [0.05, 0.1) is 5.56 Å². The molecule has 1 aliphatic heterocycles. The highest BCUT2D eigenvalue weighted by molar-refractivity contribution is 8.00. The molecular formula is C15H16FNO2S. The summed E-state index contributed by atoms with van der Waals surface area (Å²) in [5.74, 6) is 5.21. The van der Waals surface area contributed by atoms with Gasteiger partial charge in [-0.25, -0.2) is 4.39 Å². The Bertz CT molecular complexity index is 545. The van der Waals surface area contributed by atoms with Crippen molar-refractivity contribution in [1.82, 2.24) is 5.32 Å². The summed E-state index contributed by atoms with van der Waals surface area (Å²) in [5.41, 5.74) is 0.474. The molecule has 5 heteroatoms. The number of thioether (sulfide) groups is 1. The molecule has 1 amide bonds. The number of amides is 1. The van der Waals surface area contributed by atoms with Crippen LogP contribution in [0.25, 0.3) is 0 Å². The lowest BCUT2D eigenvalue weighted by molar-refractivity contribution is 0.0953. The van der Waals surface area contributed by atoms with Gasteiger partial charge in [0.1, 0.15) is 12.4 Å². The standard InChI is InChI=1S/C15H16FNO2S/c16-14-9-12(6-5-11(14)3-1-7-18)15(19)17-10-13-4-2-8-20-13/h5-6,9,13,18H,2,4,7-8,10H2,(H,17,19). The van der Waals surface area contributed by atoms with Gasteiger partial charge in [-0.15, -0.1) is 0 Å². The maximum Gasteiger partial charge on any atom is 0.251 e. The van der Waals surface area contributed by atoms with E-state index in [0.717, 1.165) is 12.2 Å². The molecule has 0 saturated carbocycles. The van der Waals surface area contributed by atoms with Crippen LogP contribution >= 0.6 is 11.8 Å². The van der Waals surface area contributed by atoms with E-state index >= 15 is 0 Å². The summed E-state index contributed by atoms with van der Waals surface area (Å²) < 4.78 is 13.7. The zero-order valence-electron chi connectivity index (χ0n) is 11.0. The second-order valence-electron chi connectivity index (χ2n) is 4.50. The average Bonchev–Trinajstić information content (AvgIpc) is 2.96. The molecule has 1 aromatic rings. The van der Waals surface area contributed by atoms with Crippen LogP contribution in [0.3, 0.4) is 0 Å². The van der Waals surface area contributed by atoms with Crippen LogP contribution in [-0.2, 0) is 0 Å². The predicted molar refractivity (Wildman–Crippen MR) is 78.2 cm³/mol. The summed E-state index contributed by atoms with van der Waals surface area (Å²) in [7, 11) is 0. The van der Waals surface area contributed by atoms with Gasteiger partial charge < -0.3 is 10.4 Å². The molecule has 0 bridgehead atoms. The van der Waals surface area contributed by atoms with E-state index in [1.54, 1.807) is 6.07 Å². The average molecular weight is 293 g/mol. The summed E-state index contributed by atoms with van der Waals surface area (Å²) in [6.07, 6.45) is 2.31. The Balaban J connectivity index is 1.97. The molecule has 20 heavy (non-hydrogen) atoms. The second-order valence-corrected chi connectivity index (χ2v) is 5.91. The van der Waals surface area contributed by atoms with E-state index in [2.05, 4.69) is 17.2 Å². The quantitative estimate of drug-likeness (QED) is 0.836. The second kappa shape index (κ2) is 7.32. The van der Waals surface area contributed by atoms with Crippen molar-refractivity contribution in [1.29, 1.82) is 0 Å². The minimum absolute atomic E-state index is 0.182. The van der Waals surface area contributed by atoms with Gasteiger partial charge in [0, 0.05) is 17.4 Å². The monoisotopic (exact) mass is 293 g/mol. The number of rotatable bonds is 3. The lowest BCUT2D eigenvalue weighted by atomic mass is 10.1. The first kappa shape index (κ1) is 14.9. The summed E-state index contributed by atoms with van der Waals surface area (Å²) in [6, 6.07) is 4.18. The van der Waals surface area contributed by atoms with E-state index < -0.39 is 5.82 Å². The van der Waals surface area contributed by atoms with Gasteiger partial charge in [0.25, 0.3) is 5.91 Å². The van der Waals surface area contributed by atoms with Crippen molar-refractivity contribution in [3.8, 4) is 11.8 Å². The number of aliphatic hydroxyl groups is 1. The zero-order chi connectivity index (χ0) is 14.4. The van der Waals surface area contributed by atoms with Crippen molar-refractivity contribution >= 4 is 17.7 Å². The fourth-order valence-corrected chi connectivity index (χ4v) is 3.21. The van der Waals surface area contributed by atoms with Crippen molar-refractivity contribution in [2.75, 3.05) is 18.9 Å². The summed E-state index contributed by atoms with van der Waals surface area (Å²) >= 11 is 1.86. The number of nitrogens with one attached hydrogen (secondary N) is 1. The first-order valence-electron chi connectivity index (χ1n) is 6.50. The molecule has 106 valence electrons. The first-order chi connectivity index (χ1) is 9.70. The molecule has 0 aromatic heterocycles. The number of aliphatic hydroxyl groups excluding tert-OH is 1. The molecule has 1 atom stereocenters. The molecule has 1 saturated heterocycles. The number of carbonyl (C=O) groups is 1. The van der Waals surface area contributed by atoms with Crippen LogP contribution in [0.2, 0.25) is 0 Å². The van der Waals surface area contributed by atoms with Crippen LogP contribution in [0.4, 0.5) is 4.39 Å². The zero-order valence-corrected chi connectivity index (χ0v) is 11.8. The molecule has 0 aliphatic carbocycles. The molecule has 1 heterocycles. The topological polar surface area (TPSA) is 49.3 Å². The third-order valence-corrected chi connectivity index (χ3v) is 4.45. The predicted octanol–water partition coefficient (Wildman–Crippen LogP) is 1.79. The highest BCUT2D eigenvalue weighted by atomic mass is 32.2. The SMILES string of the molecule is O=C(NCC1CCCS1)c1ccc(C#CCO)c(F)c1. The van der Waals surface area contributed by atoms with Gasteiger partial charge in [-0.1, -0.05) is 11.8 Å². The molecule has 0 radical (unpaired) electrons. The van der Waals surface area contributed by atoms with Crippen LogP contribution < -0.4 is 5.32 Å². The Hall–Kier alpha value is -1.51. The largest absolute Gasteiger partial charge is 0.384 e. The fourth-order valence-electron chi connectivity index (χ4n) is 2.01. The third-order valence-electron chi connectivity index (χ3n) is 3.05. The van der Waals surface area contributed by atoms with Crippen molar-refractivity contribution in [3.63, 3.8) is 0 Å². The molecule has 1 aromatic carbocycles. The van der Waals surface area contributed by atoms with Crippen LogP contribution in [-0.4, -0.2) is 35.2 Å². The van der Waals surface area contributed by atoms with Gasteiger partial charge in [0.15, 0.2) is 0 Å². The van der Waals surface area contributed by atoms with Crippen molar-refractivity contribution in [3.05, 3.63) is 35.1 Å². The molecule has 1 unspecified atom stereocenters. The summed E-state index contributed by atoms with van der Waals surface area (Å²) in [5, 5.41) is 11.9. The lowest BCUT2D eigenvalue weighted by Gasteiger charge is -2.10. The van der Waals surface area contributed by atoms with Gasteiger partial charge in [-0.2, -0.15) is 11.8 Å². The highest BCUT2D eigenvalue weighted by Crippen LogP contribution is 2.25. The Kier molecular flexibility index (Phi) is 5.45. The normalized spacial score (nSPS) is 17.4. The third kappa shape index (κ3) is 3.99. The van der Waals surface area contributed by atoms with Gasteiger partial charge >= 0.3 is 0 Å². The molecule has 0 spiro atoms. The van der Waals surface area contributed by atoms with E-state index in [9.17, 15) is 9.18 Å². The molecule has 2 rings (SSSR count). The molecule has 1 fully saturated rings. The molecule has 1 aliphatic rings. The number of halogens is 1. The number of carbonyl (C=O) groups excluding carboxylic acids is 1. The Morgan fingerprint density at radius 3 is 3.05 bits per heavy atom. The molecule has 2 N–H and O–H groups in total. The molecule has 3 nitrogen and oxygen atoms in total. The smallest absolute Gasteiger partial charge is 0.251 e. The van der Waals surface area contributed by atoms with Crippen molar-refractivity contribution in [2.45, 2.75) is 18.1 Å². The van der Waals surface area contributed by atoms with E-state index in [1.165, 1.54) is 18.6 Å². The van der Waals surface area contributed by atoms with E-state index in [0.29, 0.717) is 17.4 Å². The van der Waals surface area contributed by atoms with Crippen molar-refractivity contribution in [2.24, 2.45) is 0 Å². The van der Waals surface area contributed by atoms with Crippen LogP contribution in [0, 0.1) is 17.7 Å². The van der Waals surface area contributed by atoms with E-state index in [4.69, 9.17) is 5.11 Å². The summed E-state index contributed by atoms with van der Waals surface area (Å²) in [6.45, 7) is 0.303. The Labute approximate surface area is 122 Å². The van der Waals surface area contributed by atoms with Crippen LogP contribution in [0.5, 0.6) is 0 Å². The molecular weight excluding hydrogens is 277 g/mol. The van der Waals surface area contributed by atoms with E-state index in [1.807, 2.05) is 11.8 Å². The Morgan fingerprint density at radius 1 is 1.55 bits per heavy atom. The van der Waals surface area contributed by atoms with Crippen molar-refractivity contribution < 1.29 is 14.3 Å². The number of hydrogen-bond acceptors (Lipinski definition) is 3. The Morgan fingerprint density at radius 2 is 2.40 bits per heavy atom. The minimum atomic E-state index is -0.547. The van der Waals surface area contributed by atoms with E-state index in [-0.39, 0.29) is 18.1 Å². The van der Waals surface area contributed by atoms with Gasteiger partial charge in [-0.05, 0) is 36.8 Å². The fraction of sp³-hybridized carbons (Fsp3) is 0.400. The lowest BCUT2D eigenvalue weighted by Crippen LogP contribution is -2.29. The highest BCUT2D eigenvalue weighted by Gasteiger charge is 2.17. The summed E-state index contributed by atoms with van der Waals surface area (Å²) in [4.78, 5) is 11.9. The van der Waals surface area contributed by atoms with Crippen LogP contribution in [0.1, 0.15) is 28.8 Å². The number of benzene rings is 1.